The summed E-state index contributed by atoms with van der Waals surface area (Å²) in [7, 11) is 0. The zero-order valence-electron chi connectivity index (χ0n) is 11.5. The molecular formula is C18H17FO. The average molecular weight is 268 g/mol. The number of ketones is 1. The van der Waals surface area contributed by atoms with E-state index in [1.807, 2.05) is 25.1 Å². The van der Waals surface area contributed by atoms with Gasteiger partial charge in [0.2, 0.25) is 0 Å². The molecular weight excluding hydrogens is 251 g/mol. The summed E-state index contributed by atoms with van der Waals surface area (Å²) in [5.74, 6) is 0.511. The van der Waals surface area contributed by atoms with E-state index in [2.05, 4.69) is 0 Å². The van der Waals surface area contributed by atoms with Gasteiger partial charge in [-0.3, -0.25) is 4.79 Å². The van der Waals surface area contributed by atoms with Crippen LogP contribution in [0.15, 0.2) is 42.5 Å². The Morgan fingerprint density at radius 1 is 1.15 bits per heavy atom. The van der Waals surface area contributed by atoms with Gasteiger partial charge in [-0.15, -0.1) is 0 Å². The molecule has 0 radical (unpaired) electrons. The maximum atomic E-state index is 13.0. The fraction of sp³-hybridized carbons (Fsp3) is 0.278. The fourth-order valence-electron chi connectivity index (χ4n) is 2.56. The van der Waals surface area contributed by atoms with E-state index in [4.69, 9.17) is 0 Å². The molecule has 102 valence electrons. The molecule has 0 aliphatic heterocycles. The Morgan fingerprint density at radius 3 is 2.45 bits per heavy atom. The van der Waals surface area contributed by atoms with Crippen LogP contribution in [-0.2, 0) is 0 Å². The summed E-state index contributed by atoms with van der Waals surface area (Å²) in [5, 5.41) is 0. The third-order valence-electron chi connectivity index (χ3n) is 3.87. The van der Waals surface area contributed by atoms with Gasteiger partial charge in [-0.1, -0.05) is 31.2 Å². The minimum absolute atomic E-state index is 0.178. The Kier molecular flexibility index (Phi) is 3.39. The molecule has 1 nitrogen and oxygen atoms in total. The molecule has 1 aliphatic carbocycles. The monoisotopic (exact) mass is 268 g/mol. The summed E-state index contributed by atoms with van der Waals surface area (Å²) in [6.07, 6.45) is 2.88. The Balaban J connectivity index is 2.06. The predicted molar refractivity (Wildman–Crippen MR) is 78.4 cm³/mol. The second-order valence-electron chi connectivity index (χ2n) is 5.36. The van der Waals surface area contributed by atoms with Crippen LogP contribution >= 0.6 is 0 Å². The lowest BCUT2D eigenvalue weighted by molar-refractivity contribution is 0.0988. The molecule has 1 saturated carbocycles. The number of halogens is 1. The van der Waals surface area contributed by atoms with Gasteiger partial charge in [0.15, 0.2) is 5.78 Å². The highest BCUT2D eigenvalue weighted by atomic mass is 19.1. The highest BCUT2D eigenvalue weighted by Gasteiger charge is 2.27. The number of hydrogen-bond donors (Lipinski definition) is 0. The molecule has 1 aliphatic rings. The molecule has 0 aromatic heterocycles. The quantitative estimate of drug-likeness (QED) is 0.716. The standard InChI is InChI=1S/C18H17FO/c1-2-18(20)14-7-10-16(17(11-14)13-3-4-13)12-5-8-15(19)9-6-12/h5-11,13H,2-4H2,1H3. The summed E-state index contributed by atoms with van der Waals surface area (Å²) in [6, 6.07) is 12.5. The highest BCUT2D eigenvalue weighted by molar-refractivity contribution is 5.96. The summed E-state index contributed by atoms with van der Waals surface area (Å²) in [4.78, 5) is 11.9. The molecule has 0 amide bonds. The molecule has 2 heteroatoms. The third kappa shape index (κ3) is 2.51. The van der Waals surface area contributed by atoms with Gasteiger partial charge in [0.05, 0.1) is 0 Å². The van der Waals surface area contributed by atoms with Gasteiger partial charge >= 0.3 is 0 Å². The van der Waals surface area contributed by atoms with Crippen molar-refractivity contribution in [2.45, 2.75) is 32.1 Å². The van der Waals surface area contributed by atoms with Crippen molar-refractivity contribution in [3.8, 4) is 11.1 Å². The molecule has 0 unspecified atom stereocenters. The van der Waals surface area contributed by atoms with Crippen molar-refractivity contribution in [2.24, 2.45) is 0 Å². The first-order valence-electron chi connectivity index (χ1n) is 7.12. The van der Waals surface area contributed by atoms with Gasteiger partial charge in [0, 0.05) is 12.0 Å². The van der Waals surface area contributed by atoms with Gasteiger partial charge in [0.25, 0.3) is 0 Å². The average Bonchev–Trinajstić information content (AvgIpc) is 3.31. The van der Waals surface area contributed by atoms with Gasteiger partial charge in [-0.2, -0.15) is 0 Å². The largest absolute Gasteiger partial charge is 0.294 e. The van der Waals surface area contributed by atoms with Crippen LogP contribution in [0.25, 0.3) is 11.1 Å². The van der Waals surface area contributed by atoms with Crippen molar-refractivity contribution in [1.82, 2.24) is 0 Å². The lowest BCUT2D eigenvalue weighted by atomic mass is 9.93. The van der Waals surface area contributed by atoms with Crippen LogP contribution < -0.4 is 0 Å². The van der Waals surface area contributed by atoms with Crippen LogP contribution in [0.1, 0.15) is 48.0 Å². The lowest BCUT2D eigenvalue weighted by Crippen LogP contribution is -1.99. The Labute approximate surface area is 118 Å². The van der Waals surface area contributed by atoms with Crippen LogP contribution in [-0.4, -0.2) is 5.78 Å². The first-order chi connectivity index (χ1) is 9.69. The highest BCUT2D eigenvalue weighted by Crippen LogP contribution is 2.44. The third-order valence-corrected chi connectivity index (χ3v) is 3.87. The van der Waals surface area contributed by atoms with Crippen LogP contribution in [0.3, 0.4) is 0 Å². The topological polar surface area (TPSA) is 17.1 Å². The van der Waals surface area contributed by atoms with E-state index < -0.39 is 0 Å². The maximum absolute atomic E-state index is 13.0. The molecule has 0 bridgehead atoms. The summed E-state index contributed by atoms with van der Waals surface area (Å²) >= 11 is 0. The maximum Gasteiger partial charge on any atom is 0.162 e. The minimum atomic E-state index is -0.223. The zero-order chi connectivity index (χ0) is 14.1. The molecule has 0 atom stereocenters. The van der Waals surface area contributed by atoms with E-state index in [1.54, 1.807) is 12.1 Å². The Bertz CT molecular complexity index is 639. The van der Waals surface area contributed by atoms with Crippen molar-refractivity contribution in [3.05, 3.63) is 59.4 Å². The predicted octanol–water partition coefficient (Wildman–Crippen LogP) is 4.96. The fourth-order valence-corrected chi connectivity index (χ4v) is 2.56. The number of rotatable bonds is 4. The number of Topliss-reactive ketones (excluding diaryl/α,β-unsaturated/α-hetero) is 1. The molecule has 0 saturated heterocycles. The van der Waals surface area contributed by atoms with Gasteiger partial charge < -0.3 is 0 Å². The van der Waals surface area contributed by atoms with Gasteiger partial charge in [-0.05, 0) is 53.6 Å². The summed E-state index contributed by atoms with van der Waals surface area (Å²) in [6.45, 7) is 1.88. The summed E-state index contributed by atoms with van der Waals surface area (Å²) in [5.41, 5.74) is 4.17. The second kappa shape index (κ2) is 5.20. The normalized spacial score (nSPS) is 14.3. The Morgan fingerprint density at radius 2 is 1.85 bits per heavy atom. The van der Waals surface area contributed by atoms with Crippen LogP contribution in [0.4, 0.5) is 4.39 Å². The number of carbonyl (C=O) groups excluding carboxylic acids is 1. The van der Waals surface area contributed by atoms with E-state index in [-0.39, 0.29) is 11.6 Å². The van der Waals surface area contributed by atoms with Crippen LogP contribution in [0.2, 0.25) is 0 Å². The van der Waals surface area contributed by atoms with Crippen LogP contribution in [0, 0.1) is 5.82 Å². The summed E-state index contributed by atoms with van der Waals surface area (Å²) < 4.78 is 13.0. The number of carbonyl (C=O) groups is 1. The van der Waals surface area contributed by atoms with E-state index in [0.717, 1.165) is 16.7 Å². The molecule has 2 aromatic carbocycles. The zero-order valence-corrected chi connectivity index (χ0v) is 11.5. The smallest absolute Gasteiger partial charge is 0.162 e. The van der Waals surface area contributed by atoms with Crippen molar-refractivity contribution < 1.29 is 9.18 Å². The van der Waals surface area contributed by atoms with E-state index in [0.29, 0.717) is 12.3 Å². The first kappa shape index (κ1) is 13.0. The number of hydrogen-bond acceptors (Lipinski definition) is 1. The van der Waals surface area contributed by atoms with E-state index in [1.165, 1.54) is 30.5 Å². The molecule has 20 heavy (non-hydrogen) atoms. The molecule has 2 aromatic rings. The van der Waals surface area contributed by atoms with Crippen molar-refractivity contribution in [2.75, 3.05) is 0 Å². The van der Waals surface area contributed by atoms with E-state index >= 15 is 0 Å². The first-order valence-corrected chi connectivity index (χ1v) is 7.12. The lowest BCUT2D eigenvalue weighted by Gasteiger charge is -2.11. The molecule has 0 spiro atoms. The van der Waals surface area contributed by atoms with Crippen molar-refractivity contribution in [3.63, 3.8) is 0 Å². The van der Waals surface area contributed by atoms with Crippen molar-refractivity contribution >= 4 is 5.78 Å². The van der Waals surface area contributed by atoms with Crippen LogP contribution in [0.5, 0.6) is 0 Å². The molecule has 0 N–H and O–H groups in total. The minimum Gasteiger partial charge on any atom is -0.294 e. The van der Waals surface area contributed by atoms with Gasteiger partial charge in [-0.25, -0.2) is 4.39 Å². The molecule has 1 fully saturated rings. The van der Waals surface area contributed by atoms with Crippen molar-refractivity contribution in [1.29, 1.82) is 0 Å². The Hall–Kier alpha value is -1.96. The number of benzene rings is 2. The second-order valence-corrected chi connectivity index (χ2v) is 5.36. The molecule has 3 rings (SSSR count). The molecule has 0 heterocycles. The van der Waals surface area contributed by atoms with Gasteiger partial charge in [0.1, 0.15) is 5.82 Å². The van der Waals surface area contributed by atoms with E-state index in [9.17, 15) is 9.18 Å². The SMILES string of the molecule is CCC(=O)c1ccc(-c2ccc(F)cc2)c(C2CC2)c1.